The van der Waals surface area contributed by atoms with Gasteiger partial charge in [0.15, 0.2) is 0 Å². The molecule has 1 aliphatic carbocycles. The number of hydrogen-bond donors (Lipinski definition) is 1. The van der Waals surface area contributed by atoms with E-state index in [0.29, 0.717) is 6.61 Å². The summed E-state index contributed by atoms with van der Waals surface area (Å²) in [6.45, 7) is 3.42. The molecule has 1 aliphatic rings. The van der Waals surface area contributed by atoms with E-state index in [1.54, 1.807) is 6.20 Å². The molecule has 1 aromatic heterocycles. The molecule has 0 spiro atoms. The normalized spacial score (nSPS) is 13.6. The highest BCUT2D eigenvalue weighted by Gasteiger charge is 2.09. The van der Waals surface area contributed by atoms with Gasteiger partial charge in [0.25, 0.3) is 0 Å². The Hall–Kier alpha value is -2.03. The van der Waals surface area contributed by atoms with Crippen molar-refractivity contribution < 1.29 is 4.74 Å². The molecule has 0 atom stereocenters. The zero-order chi connectivity index (χ0) is 14.5. The largest absolute Gasteiger partial charge is 0.492 e. The van der Waals surface area contributed by atoms with Gasteiger partial charge in [-0.05, 0) is 67.5 Å². The molecular weight excluding hydrogens is 260 g/mol. The summed E-state index contributed by atoms with van der Waals surface area (Å²) in [4.78, 5) is 4.22. The minimum Gasteiger partial charge on any atom is -0.492 e. The van der Waals surface area contributed by atoms with E-state index in [1.165, 1.54) is 42.5 Å². The highest BCUT2D eigenvalue weighted by atomic mass is 16.5. The van der Waals surface area contributed by atoms with Crippen LogP contribution in [0, 0.1) is 0 Å². The van der Waals surface area contributed by atoms with Crippen LogP contribution in [0.15, 0.2) is 36.7 Å². The van der Waals surface area contributed by atoms with Gasteiger partial charge in [-0.3, -0.25) is 4.98 Å². The Morgan fingerprint density at radius 3 is 2.81 bits per heavy atom. The van der Waals surface area contributed by atoms with Crippen LogP contribution in [0.3, 0.4) is 0 Å². The van der Waals surface area contributed by atoms with E-state index >= 15 is 0 Å². The van der Waals surface area contributed by atoms with Crippen molar-refractivity contribution in [2.24, 2.45) is 0 Å². The van der Waals surface area contributed by atoms with Crippen molar-refractivity contribution in [1.29, 1.82) is 0 Å². The lowest BCUT2D eigenvalue weighted by molar-refractivity contribution is 0.338. The Balaban J connectivity index is 1.66. The van der Waals surface area contributed by atoms with Crippen LogP contribution < -0.4 is 10.1 Å². The fourth-order valence-electron chi connectivity index (χ4n) is 2.85. The number of ether oxygens (including phenoxy) is 1. The van der Waals surface area contributed by atoms with Crippen LogP contribution in [0.25, 0.3) is 0 Å². The maximum Gasteiger partial charge on any atom is 0.137 e. The van der Waals surface area contributed by atoms with Crippen LogP contribution in [0.5, 0.6) is 5.75 Å². The minimum absolute atomic E-state index is 0.670. The van der Waals surface area contributed by atoms with Gasteiger partial charge in [0.05, 0.1) is 12.8 Å². The smallest absolute Gasteiger partial charge is 0.137 e. The third-order valence-corrected chi connectivity index (χ3v) is 3.93. The molecule has 1 heterocycles. The topological polar surface area (TPSA) is 34.1 Å². The van der Waals surface area contributed by atoms with Gasteiger partial charge < -0.3 is 10.1 Å². The fraction of sp³-hybridized carbons (Fsp3) is 0.389. The predicted molar refractivity (Wildman–Crippen MR) is 85.8 cm³/mol. The van der Waals surface area contributed by atoms with Gasteiger partial charge in [0.1, 0.15) is 5.75 Å². The highest BCUT2D eigenvalue weighted by Crippen LogP contribution is 2.24. The first kappa shape index (κ1) is 13.9. The molecule has 0 saturated carbocycles. The Bertz CT molecular complexity index is 610. The number of fused-ring (bicyclic) bond motifs is 1. The lowest BCUT2D eigenvalue weighted by Gasteiger charge is -2.17. The lowest BCUT2D eigenvalue weighted by Crippen LogP contribution is -2.05. The molecule has 3 rings (SSSR count). The molecule has 2 aromatic rings. The first-order valence-corrected chi connectivity index (χ1v) is 7.77. The Morgan fingerprint density at radius 1 is 1.10 bits per heavy atom. The number of rotatable bonds is 5. The van der Waals surface area contributed by atoms with Gasteiger partial charge >= 0.3 is 0 Å². The highest BCUT2D eigenvalue weighted by molar-refractivity contribution is 5.49. The molecule has 1 aromatic carbocycles. The molecule has 3 heteroatoms. The van der Waals surface area contributed by atoms with Gasteiger partial charge in [-0.2, -0.15) is 0 Å². The molecule has 1 N–H and O–H groups in total. The molecule has 0 fully saturated rings. The van der Waals surface area contributed by atoms with E-state index in [4.69, 9.17) is 4.74 Å². The minimum atomic E-state index is 0.670. The zero-order valence-electron chi connectivity index (χ0n) is 12.6. The van der Waals surface area contributed by atoms with Crippen LogP contribution in [0.1, 0.15) is 36.5 Å². The summed E-state index contributed by atoms with van der Waals surface area (Å²) in [5.74, 6) is 0.835. The number of aromatic nitrogens is 1. The van der Waals surface area contributed by atoms with Gasteiger partial charge in [0, 0.05) is 18.4 Å². The predicted octanol–water partition coefficient (Wildman–Crippen LogP) is 3.97. The number of nitrogens with one attached hydrogen (secondary N) is 1. The molecule has 0 bridgehead atoms. The average molecular weight is 282 g/mol. The summed E-state index contributed by atoms with van der Waals surface area (Å²) in [6, 6.07) is 8.80. The number of anilines is 1. The van der Waals surface area contributed by atoms with Crippen molar-refractivity contribution in [3.63, 3.8) is 0 Å². The first-order valence-electron chi connectivity index (χ1n) is 7.77. The molecule has 0 aliphatic heterocycles. The molecule has 0 unspecified atom stereocenters. The summed E-state index contributed by atoms with van der Waals surface area (Å²) < 4.78 is 5.48. The van der Waals surface area contributed by atoms with Crippen LogP contribution in [0.2, 0.25) is 0 Å². The van der Waals surface area contributed by atoms with E-state index in [9.17, 15) is 0 Å². The average Bonchev–Trinajstić information content (AvgIpc) is 2.53. The number of benzene rings is 1. The molecular formula is C18H22N2O. The maximum atomic E-state index is 5.48. The number of pyridine rings is 1. The van der Waals surface area contributed by atoms with E-state index in [1.807, 2.05) is 19.2 Å². The monoisotopic (exact) mass is 282 g/mol. The van der Waals surface area contributed by atoms with Crippen LogP contribution in [0.4, 0.5) is 5.69 Å². The van der Waals surface area contributed by atoms with Crippen LogP contribution >= 0.6 is 0 Å². The number of nitrogens with zero attached hydrogens (tertiary/aromatic N) is 1. The van der Waals surface area contributed by atoms with Crippen LogP contribution in [-0.2, 0) is 19.4 Å². The van der Waals surface area contributed by atoms with Crippen molar-refractivity contribution in [3.05, 3.63) is 53.3 Å². The summed E-state index contributed by atoms with van der Waals surface area (Å²) in [5.41, 5.74) is 5.36. The first-order chi connectivity index (χ1) is 10.3. The quantitative estimate of drug-likeness (QED) is 0.901. The van der Waals surface area contributed by atoms with Crippen molar-refractivity contribution >= 4 is 5.69 Å². The van der Waals surface area contributed by atoms with Gasteiger partial charge in [0.2, 0.25) is 0 Å². The van der Waals surface area contributed by atoms with E-state index in [2.05, 4.69) is 28.5 Å². The second-order valence-electron chi connectivity index (χ2n) is 5.51. The van der Waals surface area contributed by atoms with Crippen molar-refractivity contribution in [2.45, 2.75) is 39.2 Å². The Kier molecular flexibility index (Phi) is 4.39. The molecule has 110 valence electrons. The molecule has 0 saturated heterocycles. The molecule has 0 radical (unpaired) electrons. The summed E-state index contributed by atoms with van der Waals surface area (Å²) in [7, 11) is 0. The summed E-state index contributed by atoms with van der Waals surface area (Å²) in [6.07, 6.45) is 8.73. The SMILES string of the molecule is CCOc1cncc(CNc2ccc3c(c2)CCCC3)c1. The number of hydrogen-bond acceptors (Lipinski definition) is 3. The second kappa shape index (κ2) is 6.61. The molecule has 0 amide bonds. The standard InChI is InChI=1S/C18H22N2O/c1-2-21-18-9-14(11-19-13-18)12-20-17-8-7-15-5-3-4-6-16(15)10-17/h7-11,13,20H,2-6,12H2,1H3. The third kappa shape index (κ3) is 3.54. The van der Waals surface area contributed by atoms with E-state index in [0.717, 1.165) is 17.9 Å². The zero-order valence-corrected chi connectivity index (χ0v) is 12.6. The van der Waals surface area contributed by atoms with Crippen molar-refractivity contribution in [2.75, 3.05) is 11.9 Å². The van der Waals surface area contributed by atoms with Gasteiger partial charge in [-0.15, -0.1) is 0 Å². The fourth-order valence-corrected chi connectivity index (χ4v) is 2.85. The van der Waals surface area contributed by atoms with Crippen LogP contribution in [-0.4, -0.2) is 11.6 Å². The Morgan fingerprint density at radius 2 is 1.95 bits per heavy atom. The van der Waals surface area contributed by atoms with E-state index in [-0.39, 0.29) is 0 Å². The van der Waals surface area contributed by atoms with Crippen molar-refractivity contribution in [3.8, 4) is 5.75 Å². The maximum absolute atomic E-state index is 5.48. The third-order valence-electron chi connectivity index (χ3n) is 3.93. The van der Waals surface area contributed by atoms with Gasteiger partial charge in [-0.1, -0.05) is 6.07 Å². The summed E-state index contributed by atoms with van der Waals surface area (Å²) in [5, 5.41) is 3.48. The molecule has 21 heavy (non-hydrogen) atoms. The second-order valence-corrected chi connectivity index (χ2v) is 5.51. The van der Waals surface area contributed by atoms with Gasteiger partial charge in [-0.25, -0.2) is 0 Å². The summed E-state index contributed by atoms with van der Waals surface area (Å²) >= 11 is 0. The number of aryl methyl sites for hydroxylation is 2. The van der Waals surface area contributed by atoms with Crippen molar-refractivity contribution in [1.82, 2.24) is 4.98 Å². The van der Waals surface area contributed by atoms with E-state index < -0.39 is 0 Å². The lowest BCUT2D eigenvalue weighted by atomic mass is 9.91. The Labute approximate surface area is 126 Å². The molecule has 3 nitrogen and oxygen atoms in total.